The van der Waals surface area contributed by atoms with E-state index in [9.17, 15) is 15.0 Å². The first-order chi connectivity index (χ1) is 37.1. The number of benzene rings is 3. The van der Waals surface area contributed by atoms with Gasteiger partial charge >= 0.3 is 76.4 Å². The zero-order valence-electron chi connectivity index (χ0n) is 47.4. The molecule has 0 aliphatic carbocycles. The van der Waals surface area contributed by atoms with Gasteiger partial charge in [-0.25, -0.2) is 4.79 Å². The SMILES string of the molecule is CC(C)C[Si]12O[Si]3(CCN)O[Si]4(CC(C)C)O[Si](CC(C)C)(O[Si]5(CCCNC(=S)Nc6ccc7c(c6)C(=O)OC76c7ccc(O)cc7Oc7cc(O)ccc76)O[Si](CC(C)C)(O1)O[Si](CC(C)C)(O3)O[Si](CC(C)C)(O5)O4)O2. The van der Waals surface area contributed by atoms with Gasteiger partial charge in [-0.1, -0.05) is 89.2 Å². The van der Waals surface area contributed by atoms with Gasteiger partial charge in [0.15, 0.2) is 10.7 Å². The van der Waals surface area contributed by atoms with Crippen molar-refractivity contribution >= 4 is 99.4 Å². The Bertz CT molecular complexity index is 2620. The number of hydrogen-bond acceptors (Lipinski definition) is 19. The fraction of sp³-hybridized carbons (Fsp3) is 0.600. The number of ether oxygens (including phenoxy) is 2. The van der Waals surface area contributed by atoms with Gasteiger partial charge in [0.05, 0.1) is 5.56 Å². The lowest BCUT2D eigenvalue weighted by molar-refractivity contribution is -0.0335. The largest absolute Gasteiger partial charge is 0.508 e. The van der Waals surface area contributed by atoms with E-state index in [1.54, 1.807) is 18.2 Å². The van der Waals surface area contributed by atoms with Gasteiger partial charge in [0, 0.05) is 89.4 Å². The van der Waals surface area contributed by atoms with Crippen molar-refractivity contribution in [1.82, 2.24) is 5.32 Å². The average molecular weight is 1250 g/mol. The minimum absolute atomic E-state index is 0.00847. The fourth-order valence-electron chi connectivity index (χ4n) is 12.0. The third kappa shape index (κ3) is 11.8. The van der Waals surface area contributed by atoms with E-state index in [4.69, 9.17) is 76.8 Å². The Kier molecular flexibility index (Phi) is 16.5. The van der Waals surface area contributed by atoms with Crippen LogP contribution in [0.2, 0.25) is 48.4 Å². The van der Waals surface area contributed by atoms with Crippen LogP contribution in [0, 0.1) is 35.5 Å². The number of hydrogen-bond donors (Lipinski definition) is 5. The molecule has 3 aromatic carbocycles. The zero-order valence-corrected chi connectivity index (χ0v) is 56.3. The van der Waals surface area contributed by atoms with Crippen LogP contribution in [0.5, 0.6) is 23.0 Å². The van der Waals surface area contributed by atoms with Crippen LogP contribution < -0.4 is 21.1 Å². The number of anilines is 1. The highest BCUT2D eigenvalue weighted by Crippen LogP contribution is 2.59. The first-order valence-electron chi connectivity index (χ1n) is 28.0. The molecule has 0 radical (unpaired) electrons. The summed E-state index contributed by atoms with van der Waals surface area (Å²) in [6, 6.07) is 17.4. The molecule has 6 saturated heterocycles. The van der Waals surface area contributed by atoms with E-state index >= 15 is 0 Å². The molecule has 8 heterocycles. The number of phenolic OH excluding ortho intramolecular Hbond substituents is 2. The van der Waals surface area contributed by atoms with Crippen molar-refractivity contribution in [3.05, 3.63) is 76.9 Å². The van der Waals surface area contributed by atoms with Gasteiger partial charge in [0.1, 0.15) is 23.0 Å². The maximum atomic E-state index is 14.0. The number of esters is 1. The Morgan fingerprint density at radius 2 is 0.873 bits per heavy atom. The fourth-order valence-corrected chi connectivity index (χ4v) is 63.4. The number of phenols is 2. The number of thiocarbonyl (C=S) groups is 1. The van der Waals surface area contributed by atoms with Gasteiger partial charge in [-0.2, -0.15) is 0 Å². The summed E-state index contributed by atoms with van der Waals surface area (Å²) >= 11 is 5.95. The molecule has 20 nitrogen and oxygen atoms in total. The van der Waals surface area contributed by atoms with Crippen molar-refractivity contribution in [2.24, 2.45) is 41.2 Å². The minimum Gasteiger partial charge on any atom is -0.508 e. The summed E-state index contributed by atoms with van der Waals surface area (Å²) in [6.45, 7) is 25.9. The number of carbonyl (C=O) groups is 1. The lowest BCUT2D eigenvalue weighted by Crippen LogP contribution is -2.88. The van der Waals surface area contributed by atoms with Crippen LogP contribution in [0.3, 0.4) is 0 Å². The van der Waals surface area contributed by atoms with Crippen LogP contribution >= 0.6 is 12.2 Å². The molecule has 0 unspecified atom stereocenters. The summed E-state index contributed by atoms with van der Waals surface area (Å²) in [7, 11) is -32.9. The van der Waals surface area contributed by atoms with Gasteiger partial charge in [0.25, 0.3) is 0 Å². The van der Waals surface area contributed by atoms with Gasteiger partial charge in [0.2, 0.25) is 0 Å². The molecule has 8 aliphatic heterocycles. The van der Waals surface area contributed by atoms with Crippen molar-refractivity contribution < 1.29 is 73.9 Å². The predicted molar refractivity (Wildman–Crippen MR) is 312 cm³/mol. The van der Waals surface area contributed by atoms with Crippen molar-refractivity contribution in [2.45, 2.75) is 143 Å². The Morgan fingerprint density at radius 1 is 0.519 bits per heavy atom. The topological polar surface area (TPSA) is 237 Å². The van der Waals surface area contributed by atoms with E-state index in [2.05, 4.69) is 93.7 Å². The highest BCUT2D eigenvalue weighted by atomic mass is 32.1. The number of fused-ring (bicyclic) bond motifs is 6. The van der Waals surface area contributed by atoms with E-state index < -0.39 is 82.0 Å². The van der Waals surface area contributed by atoms with Gasteiger partial charge in [-0.3, -0.25) is 0 Å². The van der Waals surface area contributed by atoms with Crippen molar-refractivity contribution in [1.29, 1.82) is 0 Å². The third-order valence-corrected chi connectivity index (χ3v) is 54.0. The molecule has 3 aromatic rings. The molecule has 0 atom stereocenters. The van der Waals surface area contributed by atoms with Crippen molar-refractivity contribution in [3.63, 3.8) is 0 Å². The molecule has 29 heteroatoms. The first-order valence-corrected chi connectivity index (χ1v) is 43.9. The van der Waals surface area contributed by atoms with Crippen molar-refractivity contribution in [2.75, 3.05) is 18.4 Å². The highest BCUT2D eigenvalue weighted by Gasteiger charge is 2.83. The second-order valence-corrected chi connectivity index (χ2v) is 49.2. The van der Waals surface area contributed by atoms with Crippen LogP contribution in [0.1, 0.15) is 117 Å². The first kappa shape index (κ1) is 59.6. The lowest BCUT2D eigenvalue weighted by atomic mass is 9.77. The van der Waals surface area contributed by atoms with Crippen LogP contribution in [-0.2, 0) is 59.7 Å². The zero-order chi connectivity index (χ0) is 56.8. The highest BCUT2D eigenvalue weighted by molar-refractivity contribution is 7.80. The molecule has 8 aliphatic rings. The van der Waals surface area contributed by atoms with E-state index in [1.165, 1.54) is 24.3 Å². The maximum absolute atomic E-state index is 14.0. The van der Waals surface area contributed by atoms with Gasteiger partial charge < -0.3 is 85.4 Å². The molecule has 8 bridgehead atoms. The molecule has 6 fully saturated rings. The maximum Gasteiger partial charge on any atom is 0.480 e. The average Bonchev–Trinajstić information content (AvgIpc) is 3.65. The van der Waals surface area contributed by atoms with Gasteiger partial charge in [-0.05, 0) is 97.1 Å². The van der Waals surface area contributed by atoms with Crippen molar-refractivity contribution in [3.8, 4) is 23.0 Å². The Labute approximate surface area is 478 Å². The summed E-state index contributed by atoms with van der Waals surface area (Å²) in [5, 5.41) is 27.8. The van der Waals surface area contributed by atoms with E-state index in [1.807, 2.05) is 12.1 Å². The Morgan fingerprint density at radius 3 is 1.24 bits per heavy atom. The second kappa shape index (κ2) is 21.8. The minimum atomic E-state index is -4.23. The molecule has 79 heavy (non-hydrogen) atoms. The van der Waals surface area contributed by atoms with Crippen LogP contribution in [0.4, 0.5) is 5.69 Å². The molecular formula is C50H79N3O17SSi8. The molecule has 0 amide bonds. The van der Waals surface area contributed by atoms with E-state index in [-0.39, 0.29) is 65.6 Å². The Hall–Kier alpha value is -2.56. The molecule has 11 rings (SSSR count). The quantitative estimate of drug-likeness (QED) is 0.0325. The molecule has 6 N–H and O–H groups in total. The molecule has 1 spiro atoms. The summed E-state index contributed by atoms with van der Waals surface area (Å²) in [4.78, 5) is 14.0. The van der Waals surface area contributed by atoms with Crippen LogP contribution in [0.15, 0.2) is 54.6 Å². The number of carbonyl (C=O) groups excluding carboxylic acids is 1. The number of nitrogens with one attached hydrogen (secondary N) is 2. The van der Waals surface area contributed by atoms with Crippen LogP contribution in [0.25, 0.3) is 0 Å². The number of rotatable bonds is 19. The monoisotopic (exact) mass is 1250 g/mol. The molecular weight excluding hydrogens is 1170 g/mol. The molecule has 0 aromatic heterocycles. The molecule has 0 saturated carbocycles. The standard InChI is InChI=1S/C50H79N3O17SSi8/c1-33(2)27-74-59-72(22-13-21-52-49(71)53-39-14-17-43-42(24-39)48(56)58-50(43)44-18-15-40(54)25-46(44)57-47-26-41(55)16-19-45(47)50)60-75(28-34(3)4)67-77(65-74,30-36(7)8)62-73(23-20-51)63-78(66-74,31-37(9)10)68-76(61-72,29-35(5)6)70-79(64-73,69-75)32-38(11)12/h14-19,24-26,33-38,54-55H,13,20-23,27-32,51H2,1-12H3,(H2,52,53,71). The van der Waals surface area contributed by atoms with Gasteiger partial charge in [-0.15, -0.1) is 0 Å². The summed E-state index contributed by atoms with van der Waals surface area (Å²) in [5.74, 6) is 0.0671. The Balaban J connectivity index is 1.01. The summed E-state index contributed by atoms with van der Waals surface area (Å²) in [5.41, 5.74) is 7.64. The molecule has 434 valence electrons. The lowest BCUT2D eigenvalue weighted by Gasteiger charge is -2.64. The smallest absolute Gasteiger partial charge is 0.480 e. The van der Waals surface area contributed by atoms with Crippen LogP contribution in [-0.4, -0.2) is 105 Å². The predicted octanol–water partition coefficient (Wildman–Crippen LogP) is 10.0. The summed E-state index contributed by atoms with van der Waals surface area (Å²) < 4.78 is 106. The number of nitrogens with two attached hydrogens (primary N) is 1. The third-order valence-electron chi connectivity index (χ3n) is 14.1. The normalized spacial score (nSPS) is 32.9. The van der Waals surface area contributed by atoms with E-state index in [0.29, 0.717) is 93.8 Å². The van der Waals surface area contributed by atoms with E-state index in [0.717, 1.165) is 0 Å². The summed E-state index contributed by atoms with van der Waals surface area (Å²) in [6.07, 6.45) is 0.428. The number of aromatic hydroxyl groups is 2. The second-order valence-electron chi connectivity index (χ2n) is 24.6.